The average Bonchev–Trinajstić information content (AvgIpc) is 3.17. The summed E-state index contributed by atoms with van der Waals surface area (Å²) in [7, 11) is 1.66. The van der Waals surface area contributed by atoms with E-state index in [2.05, 4.69) is 50.8 Å². The molecule has 3 rings (SSSR count). The Balaban J connectivity index is 1.97. The highest BCUT2D eigenvalue weighted by atomic mass is 16.5. The highest BCUT2D eigenvalue weighted by Gasteiger charge is 2.34. The molecule has 0 N–H and O–H groups in total. The van der Waals surface area contributed by atoms with Gasteiger partial charge >= 0.3 is 0 Å². The summed E-state index contributed by atoms with van der Waals surface area (Å²) in [6.07, 6.45) is 0.695. The molecule has 1 aliphatic rings. The van der Waals surface area contributed by atoms with Crippen molar-refractivity contribution >= 4 is 11.6 Å². The second kappa shape index (κ2) is 9.23. The van der Waals surface area contributed by atoms with Crippen molar-refractivity contribution < 1.29 is 9.53 Å². The topological polar surface area (TPSA) is 45.1 Å². The molecule has 0 radical (unpaired) electrons. The zero-order valence-electron chi connectivity index (χ0n) is 18.1. The molecule has 2 aromatic rings. The molecule has 0 bridgehead atoms. The maximum absolute atomic E-state index is 13.2. The Bertz CT molecular complexity index is 903. The lowest BCUT2D eigenvalue weighted by molar-refractivity contribution is -0.134. The number of likely N-dealkylation sites (N-methyl/N-ethyl adjacent to an activating group) is 1. The minimum Gasteiger partial charge on any atom is -0.497 e. The molecule has 0 fully saturated rings. The zero-order chi connectivity index (χ0) is 21.0. The molecule has 0 aliphatic carbocycles. The molecule has 0 saturated heterocycles. The van der Waals surface area contributed by atoms with Crippen LogP contribution in [0.15, 0.2) is 47.6 Å². The van der Waals surface area contributed by atoms with Crippen LogP contribution in [0.5, 0.6) is 5.75 Å². The van der Waals surface area contributed by atoms with Crippen LogP contribution in [0.1, 0.15) is 48.6 Å². The number of carbonyl (C=O) groups is 1. The average molecular weight is 394 g/mol. The minimum atomic E-state index is -0.121. The summed E-state index contributed by atoms with van der Waals surface area (Å²) in [5.74, 6) is 0.819. The molecule has 0 unspecified atom stereocenters. The number of carbonyl (C=O) groups excluding carboxylic acids is 1. The third-order valence-corrected chi connectivity index (χ3v) is 5.59. The lowest BCUT2D eigenvalue weighted by atomic mass is 9.95. The van der Waals surface area contributed by atoms with Gasteiger partial charge in [-0.05, 0) is 50.2 Å². The molecular formula is C24H31N3O2. The number of ether oxygens (including phenoxy) is 1. The molecule has 1 aliphatic heterocycles. The van der Waals surface area contributed by atoms with Crippen LogP contribution in [0.4, 0.5) is 0 Å². The van der Waals surface area contributed by atoms with Gasteiger partial charge in [0.05, 0.1) is 25.4 Å². The standard InChI is InChI=1S/C24H31N3O2/c1-6-26(7-2)16-24(28)27-23(19-9-8-10-20(14-19)29-5)15-22(25-27)21-12-11-17(3)13-18(21)4/h8-14,23H,6-7,15-16H2,1-5H3/t23-/m0/s1. The van der Waals surface area contributed by atoms with E-state index < -0.39 is 0 Å². The lowest BCUT2D eigenvalue weighted by Crippen LogP contribution is -2.38. The molecule has 154 valence electrons. The van der Waals surface area contributed by atoms with E-state index in [9.17, 15) is 4.79 Å². The Labute approximate surface area is 174 Å². The van der Waals surface area contributed by atoms with Crippen LogP contribution in [-0.4, -0.2) is 48.3 Å². The minimum absolute atomic E-state index is 0.0290. The van der Waals surface area contributed by atoms with E-state index in [-0.39, 0.29) is 11.9 Å². The third-order valence-electron chi connectivity index (χ3n) is 5.59. The van der Waals surface area contributed by atoms with Crippen LogP contribution < -0.4 is 4.74 Å². The fourth-order valence-corrected chi connectivity index (χ4v) is 3.86. The summed E-state index contributed by atoms with van der Waals surface area (Å²) < 4.78 is 5.40. The molecule has 2 aromatic carbocycles. The first-order chi connectivity index (χ1) is 14.0. The Morgan fingerprint density at radius 1 is 1.17 bits per heavy atom. The molecular weight excluding hydrogens is 362 g/mol. The highest BCUT2D eigenvalue weighted by Crippen LogP contribution is 2.35. The molecule has 1 heterocycles. The van der Waals surface area contributed by atoms with Gasteiger partial charge in [-0.1, -0.05) is 49.7 Å². The second-order valence-corrected chi connectivity index (χ2v) is 7.56. The summed E-state index contributed by atoms with van der Waals surface area (Å²) in [5.41, 5.74) is 5.53. The summed E-state index contributed by atoms with van der Waals surface area (Å²) in [6, 6.07) is 14.2. The fraction of sp³-hybridized carbons (Fsp3) is 0.417. The summed E-state index contributed by atoms with van der Waals surface area (Å²) in [4.78, 5) is 15.3. The van der Waals surface area contributed by atoms with Gasteiger partial charge in [0.2, 0.25) is 0 Å². The van der Waals surface area contributed by atoms with Gasteiger partial charge in [0.15, 0.2) is 0 Å². The Kier molecular flexibility index (Phi) is 6.70. The summed E-state index contributed by atoms with van der Waals surface area (Å²) >= 11 is 0. The Morgan fingerprint density at radius 3 is 2.59 bits per heavy atom. The molecule has 5 heteroatoms. The first-order valence-corrected chi connectivity index (χ1v) is 10.3. The number of rotatable bonds is 7. The molecule has 1 atom stereocenters. The van der Waals surface area contributed by atoms with Gasteiger partial charge in [-0.2, -0.15) is 5.10 Å². The van der Waals surface area contributed by atoms with E-state index >= 15 is 0 Å². The van der Waals surface area contributed by atoms with Gasteiger partial charge in [-0.15, -0.1) is 0 Å². The van der Waals surface area contributed by atoms with Gasteiger partial charge in [0.1, 0.15) is 5.75 Å². The largest absolute Gasteiger partial charge is 0.497 e. The zero-order valence-corrected chi connectivity index (χ0v) is 18.1. The van der Waals surface area contributed by atoms with E-state index in [1.165, 1.54) is 11.1 Å². The van der Waals surface area contributed by atoms with Crippen LogP contribution in [0.2, 0.25) is 0 Å². The van der Waals surface area contributed by atoms with E-state index in [0.29, 0.717) is 13.0 Å². The maximum atomic E-state index is 13.2. The van der Waals surface area contributed by atoms with Gasteiger partial charge in [-0.3, -0.25) is 9.69 Å². The van der Waals surface area contributed by atoms with Crippen LogP contribution in [0.25, 0.3) is 0 Å². The predicted molar refractivity (Wildman–Crippen MR) is 117 cm³/mol. The second-order valence-electron chi connectivity index (χ2n) is 7.56. The fourth-order valence-electron chi connectivity index (χ4n) is 3.86. The van der Waals surface area contributed by atoms with Crippen molar-refractivity contribution in [2.45, 2.75) is 40.2 Å². The van der Waals surface area contributed by atoms with Crippen molar-refractivity contribution in [3.05, 3.63) is 64.7 Å². The number of amides is 1. The van der Waals surface area contributed by atoms with E-state index in [1.807, 2.05) is 24.3 Å². The van der Waals surface area contributed by atoms with E-state index in [0.717, 1.165) is 35.7 Å². The Hall–Kier alpha value is -2.66. The van der Waals surface area contributed by atoms with E-state index in [4.69, 9.17) is 9.84 Å². The number of aryl methyl sites for hydroxylation is 2. The van der Waals surface area contributed by atoms with Crippen molar-refractivity contribution in [1.29, 1.82) is 0 Å². The molecule has 0 spiro atoms. The molecule has 29 heavy (non-hydrogen) atoms. The normalized spacial score (nSPS) is 16.3. The number of benzene rings is 2. The first kappa shape index (κ1) is 21.1. The maximum Gasteiger partial charge on any atom is 0.257 e. The van der Waals surface area contributed by atoms with Crippen LogP contribution >= 0.6 is 0 Å². The lowest BCUT2D eigenvalue weighted by Gasteiger charge is -2.25. The summed E-state index contributed by atoms with van der Waals surface area (Å²) in [5, 5.41) is 6.50. The number of nitrogens with zero attached hydrogens (tertiary/aromatic N) is 3. The van der Waals surface area contributed by atoms with Gasteiger partial charge in [0.25, 0.3) is 5.91 Å². The summed E-state index contributed by atoms with van der Waals surface area (Å²) in [6.45, 7) is 10.4. The first-order valence-electron chi connectivity index (χ1n) is 10.3. The number of methoxy groups -OCH3 is 1. The van der Waals surface area contributed by atoms with Gasteiger partial charge < -0.3 is 4.74 Å². The number of hydrazone groups is 1. The Morgan fingerprint density at radius 2 is 1.93 bits per heavy atom. The number of hydrogen-bond acceptors (Lipinski definition) is 4. The van der Waals surface area contributed by atoms with Crippen molar-refractivity contribution in [2.75, 3.05) is 26.7 Å². The van der Waals surface area contributed by atoms with Crippen molar-refractivity contribution in [3.8, 4) is 5.75 Å². The molecule has 5 nitrogen and oxygen atoms in total. The molecule has 1 amide bonds. The van der Waals surface area contributed by atoms with Gasteiger partial charge in [-0.25, -0.2) is 5.01 Å². The third kappa shape index (κ3) is 4.67. The SMILES string of the molecule is CCN(CC)CC(=O)N1N=C(c2ccc(C)cc2C)C[C@H]1c1cccc(OC)c1. The van der Waals surface area contributed by atoms with Crippen molar-refractivity contribution in [3.63, 3.8) is 0 Å². The quantitative estimate of drug-likeness (QED) is 0.703. The van der Waals surface area contributed by atoms with Gasteiger partial charge in [0, 0.05) is 12.0 Å². The smallest absolute Gasteiger partial charge is 0.257 e. The molecule has 0 aromatic heterocycles. The number of hydrogen-bond donors (Lipinski definition) is 0. The predicted octanol–water partition coefficient (Wildman–Crippen LogP) is 4.33. The van der Waals surface area contributed by atoms with Crippen LogP contribution in [-0.2, 0) is 4.79 Å². The van der Waals surface area contributed by atoms with Crippen LogP contribution in [0.3, 0.4) is 0 Å². The van der Waals surface area contributed by atoms with Crippen molar-refractivity contribution in [1.82, 2.24) is 9.91 Å². The highest BCUT2D eigenvalue weighted by molar-refractivity contribution is 6.04. The van der Waals surface area contributed by atoms with Crippen LogP contribution in [0, 0.1) is 13.8 Å². The monoisotopic (exact) mass is 393 g/mol. The van der Waals surface area contributed by atoms with E-state index in [1.54, 1.807) is 12.1 Å². The molecule has 0 saturated carbocycles. The van der Waals surface area contributed by atoms with Crippen molar-refractivity contribution in [2.24, 2.45) is 5.10 Å².